The van der Waals surface area contributed by atoms with Crippen molar-refractivity contribution in [3.05, 3.63) is 70.7 Å². The minimum absolute atomic E-state index is 0.237. The Morgan fingerprint density at radius 2 is 1.76 bits per heavy atom. The summed E-state index contributed by atoms with van der Waals surface area (Å²) in [6.07, 6.45) is 2.06. The van der Waals surface area contributed by atoms with Gasteiger partial charge in [-0.05, 0) is 47.6 Å². The average molecular weight is 384 g/mol. The Balaban J connectivity index is 2.25. The molecule has 29 heavy (non-hydrogen) atoms. The molecule has 0 unspecified atom stereocenters. The highest BCUT2D eigenvalue weighted by molar-refractivity contribution is 6.13. The second-order valence-electron chi connectivity index (χ2n) is 8.46. The van der Waals surface area contributed by atoms with Gasteiger partial charge in [-0.2, -0.15) is 0 Å². The van der Waals surface area contributed by atoms with Crippen LogP contribution in [-0.2, 0) is 7.05 Å². The smallest absolute Gasteiger partial charge is 0.216 e. The standard InChI is InChI=1S/C26H27N2O/c1-15(2)19-14-20(27-6)22(16(3)4)24-18-12-11-17(5)23(25(18)29-26(19)24)21-10-8-9-13-28(21)7/h8-16H,1-5,7H3/q+1. The monoisotopic (exact) mass is 383 g/mol. The Hall–Kier alpha value is -3.12. The number of fused-ring (bicyclic) bond motifs is 3. The molecule has 0 aliphatic carbocycles. The van der Waals surface area contributed by atoms with Crippen LogP contribution in [0, 0.1) is 13.5 Å². The molecule has 4 rings (SSSR count). The summed E-state index contributed by atoms with van der Waals surface area (Å²) in [5, 5.41) is 2.20. The molecule has 3 nitrogen and oxygen atoms in total. The van der Waals surface area contributed by atoms with Crippen molar-refractivity contribution in [2.45, 2.75) is 46.5 Å². The zero-order chi connectivity index (χ0) is 20.9. The maximum atomic E-state index is 7.78. The molecule has 2 aromatic carbocycles. The van der Waals surface area contributed by atoms with Crippen molar-refractivity contribution in [3.8, 4) is 11.3 Å². The molecular formula is C26H27N2O+. The summed E-state index contributed by atoms with van der Waals surface area (Å²) in [6.45, 7) is 18.5. The van der Waals surface area contributed by atoms with Crippen LogP contribution in [0.3, 0.4) is 0 Å². The lowest BCUT2D eigenvalue weighted by Gasteiger charge is -2.14. The molecule has 0 N–H and O–H groups in total. The zero-order valence-corrected chi connectivity index (χ0v) is 18.0. The van der Waals surface area contributed by atoms with Gasteiger partial charge in [-0.25, -0.2) is 9.41 Å². The second kappa shape index (κ2) is 7.04. The topological polar surface area (TPSA) is 21.4 Å². The van der Waals surface area contributed by atoms with Crippen LogP contribution in [-0.4, -0.2) is 0 Å². The van der Waals surface area contributed by atoms with Crippen molar-refractivity contribution in [1.82, 2.24) is 0 Å². The van der Waals surface area contributed by atoms with Crippen molar-refractivity contribution < 1.29 is 8.98 Å². The predicted octanol–water partition coefficient (Wildman–Crippen LogP) is 7.18. The lowest BCUT2D eigenvalue weighted by Crippen LogP contribution is -2.30. The molecule has 0 spiro atoms. The van der Waals surface area contributed by atoms with E-state index >= 15 is 0 Å². The molecule has 4 aromatic rings. The molecule has 0 amide bonds. The molecule has 0 bridgehead atoms. The van der Waals surface area contributed by atoms with Gasteiger partial charge in [0.25, 0.3) is 0 Å². The third-order valence-electron chi connectivity index (χ3n) is 5.80. The van der Waals surface area contributed by atoms with Gasteiger partial charge in [0.2, 0.25) is 5.69 Å². The van der Waals surface area contributed by atoms with Crippen molar-refractivity contribution in [1.29, 1.82) is 0 Å². The molecule has 146 valence electrons. The van der Waals surface area contributed by atoms with Gasteiger partial charge in [-0.3, -0.25) is 0 Å². The summed E-state index contributed by atoms with van der Waals surface area (Å²) in [7, 11) is 2.06. The molecular weight excluding hydrogens is 356 g/mol. The van der Waals surface area contributed by atoms with Gasteiger partial charge in [0, 0.05) is 22.9 Å². The molecule has 0 saturated heterocycles. The number of pyridine rings is 1. The van der Waals surface area contributed by atoms with Crippen LogP contribution >= 0.6 is 0 Å². The maximum Gasteiger partial charge on any atom is 0.216 e. The Bertz CT molecular complexity index is 1290. The summed E-state index contributed by atoms with van der Waals surface area (Å²) in [4.78, 5) is 3.89. The van der Waals surface area contributed by atoms with Crippen LogP contribution in [0.5, 0.6) is 0 Å². The number of rotatable bonds is 3. The first kappa shape index (κ1) is 19.2. The summed E-state index contributed by atoms with van der Waals surface area (Å²) < 4.78 is 8.77. The first-order valence-electron chi connectivity index (χ1n) is 10.2. The van der Waals surface area contributed by atoms with Crippen molar-refractivity contribution in [2.24, 2.45) is 7.05 Å². The Labute approximate surface area is 172 Å². The molecule has 0 aliphatic heterocycles. The van der Waals surface area contributed by atoms with E-state index in [0.717, 1.165) is 50.0 Å². The van der Waals surface area contributed by atoms with Crippen LogP contribution in [0.25, 0.3) is 38.0 Å². The summed E-state index contributed by atoms with van der Waals surface area (Å²) >= 11 is 0. The number of hydrogen-bond donors (Lipinski definition) is 0. The predicted molar refractivity (Wildman–Crippen MR) is 120 cm³/mol. The van der Waals surface area contributed by atoms with E-state index in [0.29, 0.717) is 0 Å². The van der Waals surface area contributed by atoms with Crippen LogP contribution < -0.4 is 4.57 Å². The zero-order valence-electron chi connectivity index (χ0n) is 18.0. The van der Waals surface area contributed by atoms with Gasteiger partial charge in [-0.1, -0.05) is 39.8 Å². The summed E-state index contributed by atoms with van der Waals surface area (Å²) in [6, 6.07) is 12.6. The summed E-state index contributed by atoms with van der Waals surface area (Å²) in [5.41, 5.74) is 8.20. The van der Waals surface area contributed by atoms with Gasteiger partial charge in [0.15, 0.2) is 11.9 Å². The van der Waals surface area contributed by atoms with Gasteiger partial charge in [-0.15, -0.1) is 0 Å². The first-order chi connectivity index (χ1) is 13.8. The molecule has 2 aromatic heterocycles. The number of furan rings is 1. The minimum Gasteiger partial charge on any atom is -0.455 e. The lowest BCUT2D eigenvalue weighted by molar-refractivity contribution is -0.660. The van der Waals surface area contributed by atoms with Crippen molar-refractivity contribution in [3.63, 3.8) is 0 Å². The second-order valence-corrected chi connectivity index (χ2v) is 8.46. The molecule has 3 heteroatoms. The molecule has 0 fully saturated rings. The van der Waals surface area contributed by atoms with Gasteiger partial charge < -0.3 is 4.42 Å². The molecule has 0 radical (unpaired) electrons. The number of benzene rings is 2. The SMILES string of the molecule is [C-]#[N+]c1cc(C(C)C)c2oc3c(-c4cccc[n+]4C)c(C)ccc3c2c1C(C)C. The minimum atomic E-state index is 0.237. The Morgan fingerprint density at radius 1 is 1.00 bits per heavy atom. The maximum absolute atomic E-state index is 7.78. The van der Waals surface area contributed by atoms with E-state index in [9.17, 15) is 0 Å². The van der Waals surface area contributed by atoms with Gasteiger partial charge in [0.05, 0.1) is 12.1 Å². The molecule has 2 heterocycles. The third kappa shape index (κ3) is 2.91. The fourth-order valence-corrected chi connectivity index (χ4v) is 4.36. The molecule has 0 atom stereocenters. The van der Waals surface area contributed by atoms with Gasteiger partial charge in [0.1, 0.15) is 18.2 Å². The molecule has 0 aliphatic rings. The number of hydrogen-bond acceptors (Lipinski definition) is 1. The van der Waals surface area contributed by atoms with Crippen molar-refractivity contribution in [2.75, 3.05) is 0 Å². The van der Waals surface area contributed by atoms with E-state index in [2.05, 4.69) is 81.5 Å². The quantitative estimate of drug-likeness (QED) is 0.271. The van der Waals surface area contributed by atoms with E-state index in [1.165, 1.54) is 5.56 Å². The third-order valence-corrected chi connectivity index (χ3v) is 5.80. The van der Waals surface area contributed by atoms with Gasteiger partial charge >= 0.3 is 0 Å². The number of aryl methyl sites for hydroxylation is 2. The van der Waals surface area contributed by atoms with Crippen LogP contribution in [0.4, 0.5) is 5.69 Å². The summed E-state index contributed by atoms with van der Waals surface area (Å²) in [5.74, 6) is 0.512. The number of nitrogens with zero attached hydrogens (tertiary/aromatic N) is 2. The Kier molecular flexibility index (Phi) is 4.67. The number of aromatic nitrogens is 1. The molecule has 0 saturated carbocycles. The van der Waals surface area contributed by atoms with E-state index in [4.69, 9.17) is 11.0 Å². The highest BCUT2D eigenvalue weighted by Gasteiger charge is 2.25. The normalized spacial score (nSPS) is 11.7. The van der Waals surface area contributed by atoms with Crippen LogP contribution in [0.1, 0.15) is 56.2 Å². The largest absolute Gasteiger partial charge is 0.455 e. The highest BCUT2D eigenvalue weighted by atomic mass is 16.3. The Morgan fingerprint density at radius 3 is 2.38 bits per heavy atom. The fourth-order valence-electron chi connectivity index (χ4n) is 4.36. The van der Waals surface area contributed by atoms with E-state index in [1.54, 1.807) is 0 Å². The van der Waals surface area contributed by atoms with Crippen molar-refractivity contribution >= 4 is 27.6 Å². The van der Waals surface area contributed by atoms with Crippen LogP contribution in [0.2, 0.25) is 0 Å². The van der Waals surface area contributed by atoms with E-state index in [1.807, 2.05) is 12.1 Å². The average Bonchev–Trinajstić information content (AvgIpc) is 3.06. The highest BCUT2D eigenvalue weighted by Crippen LogP contribution is 2.46. The first-order valence-corrected chi connectivity index (χ1v) is 10.2. The fraction of sp³-hybridized carbons (Fsp3) is 0.308. The van der Waals surface area contributed by atoms with E-state index < -0.39 is 0 Å². The van der Waals surface area contributed by atoms with Crippen LogP contribution in [0.15, 0.2) is 47.0 Å². The van der Waals surface area contributed by atoms with E-state index in [-0.39, 0.29) is 11.8 Å². The lowest BCUT2D eigenvalue weighted by atomic mass is 9.89.